The molecule has 0 aliphatic heterocycles. The van der Waals surface area contributed by atoms with E-state index in [0.29, 0.717) is 5.56 Å². The Balaban J connectivity index is 3.29. The Hall–Kier alpha value is -1.39. The zero-order valence-corrected chi connectivity index (χ0v) is 11.4. The normalized spacial score (nSPS) is 12.6. The van der Waals surface area contributed by atoms with Crippen molar-refractivity contribution in [1.29, 1.82) is 0 Å². The first kappa shape index (κ1) is 14.7. The van der Waals surface area contributed by atoms with Crippen LogP contribution in [0.5, 0.6) is 5.75 Å². The Morgan fingerprint density at radius 3 is 2.50 bits per heavy atom. The van der Waals surface area contributed by atoms with Crippen molar-refractivity contribution in [2.24, 2.45) is 5.73 Å². The quantitative estimate of drug-likeness (QED) is 0.780. The Kier molecular flexibility index (Phi) is 4.87. The molecule has 0 heterocycles. The number of Topliss-reactive ketones (excluding diaryl/α,β-unsaturated/α-hetero) is 1. The molecule has 0 bridgehead atoms. The van der Waals surface area contributed by atoms with Gasteiger partial charge >= 0.3 is 0 Å². The zero-order chi connectivity index (χ0) is 13.9. The van der Waals surface area contributed by atoms with Crippen LogP contribution < -0.4 is 10.5 Å². The van der Waals surface area contributed by atoms with Crippen LogP contribution in [0.3, 0.4) is 0 Å². The van der Waals surface area contributed by atoms with E-state index >= 15 is 0 Å². The number of nitrogens with two attached hydrogens (primary N) is 1. The maximum absolute atomic E-state index is 12.0. The van der Waals surface area contributed by atoms with Gasteiger partial charge in [0.25, 0.3) is 0 Å². The minimum absolute atomic E-state index is 0.237. The number of hydrogen-bond acceptors (Lipinski definition) is 4. The molecular weight excluding hydrogens is 230 g/mol. The molecule has 0 aromatic heterocycles. The molecule has 1 unspecified atom stereocenters. The van der Waals surface area contributed by atoms with Crippen LogP contribution in [-0.4, -0.2) is 30.6 Å². The summed E-state index contributed by atoms with van der Waals surface area (Å²) in [5.74, 6) is 0.786. The van der Waals surface area contributed by atoms with Crippen molar-refractivity contribution >= 4 is 5.78 Å². The molecule has 1 aromatic carbocycles. The van der Waals surface area contributed by atoms with Crippen molar-refractivity contribution in [3.05, 3.63) is 28.8 Å². The number of aliphatic hydroxyl groups is 1. The summed E-state index contributed by atoms with van der Waals surface area (Å²) in [5, 5.41) is 8.97. The van der Waals surface area contributed by atoms with E-state index in [1.807, 2.05) is 32.9 Å². The van der Waals surface area contributed by atoms with Crippen molar-refractivity contribution in [2.45, 2.75) is 32.7 Å². The van der Waals surface area contributed by atoms with E-state index in [2.05, 4.69) is 0 Å². The van der Waals surface area contributed by atoms with Gasteiger partial charge in [0.05, 0.1) is 19.8 Å². The van der Waals surface area contributed by atoms with Crippen LogP contribution in [0.2, 0.25) is 0 Å². The van der Waals surface area contributed by atoms with E-state index in [1.165, 1.54) is 0 Å². The van der Waals surface area contributed by atoms with Crippen LogP contribution in [0.25, 0.3) is 0 Å². The first-order chi connectivity index (χ1) is 8.42. The van der Waals surface area contributed by atoms with Crippen LogP contribution in [0.4, 0.5) is 0 Å². The van der Waals surface area contributed by atoms with Gasteiger partial charge in [-0.25, -0.2) is 0 Å². The lowest BCUT2D eigenvalue weighted by atomic mass is 9.93. The van der Waals surface area contributed by atoms with Crippen LogP contribution in [0.15, 0.2) is 12.1 Å². The summed E-state index contributed by atoms with van der Waals surface area (Å²) in [7, 11) is 1.61. The fourth-order valence-corrected chi connectivity index (χ4v) is 1.87. The molecule has 0 amide bonds. The van der Waals surface area contributed by atoms with E-state index in [1.54, 1.807) is 7.11 Å². The number of rotatable bonds is 5. The zero-order valence-electron chi connectivity index (χ0n) is 11.4. The molecule has 18 heavy (non-hydrogen) atoms. The molecular formula is C14H21NO3. The number of methoxy groups -OCH3 is 1. The molecule has 0 radical (unpaired) electrons. The van der Waals surface area contributed by atoms with E-state index in [9.17, 15) is 4.79 Å². The van der Waals surface area contributed by atoms with E-state index in [-0.39, 0.29) is 18.3 Å². The monoisotopic (exact) mass is 251 g/mol. The number of carbonyl (C=O) groups excluding carboxylic acids is 1. The molecule has 0 saturated carbocycles. The SMILES string of the molecule is COc1cc(C)c(C(=O)C(N)CO)cc1C(C)C. The number of aliphatic hydroxyl groups excluding tert-OH is 1. The first-order valence-corrected chi connectivity index (χ1v) is 6.01. The molecule has 1 rings (SSSR count). The molecule has 0 spiro atoms. The first-order valence-electron chi connectivity index (χ1n) is 6.01. The predicted molar refractivity (Wildman–Crippen MR) is 71.2 cm³/mol. The molecule has 4 heteroatoms. The van der Waals surface area contributed by atoms with Gasteiger partial charge in [0.1, 0.15) is 5.75 Å². The third-order valence-corrected chi connectivity index (χ3v) is 3.00. The highest BCUT2D eigenvalue weighted by atomic mass is 16.5. The fraction of sp³-hybridized carbons (Fsp3) is 0.500. The molecule has 3 N–H and O–H groups in total. The summed E-state index contributed by atoms with van der Waals surface area (Å²) < 4.78 is 5.32. The maximum Gasteiger partial charge on any atom is 0.182 e. The molecule has 1 atom stereocenters. The second-order valence-electron chi connectivity index (χ2n) is 4.72. The van der Waals surface area contributed by atoms with Crippen LogP contribution in [0, 0.1) is 6.92 Å². The summed E-state index contributed by atoms with van der Waals surface area (Å²) >= 11 is 0. The third-order valence-electron chi connectivity index (χ3n) is 3.00. The minimum atomic E-state index is -0.864. The average Bonchev–Trinajstić information content (AvgIpc) is 2.36. The number of ether oxygens (including phenoxy) is 1. The van der Waals surface area contributed by atoms with Crippen molar-refractivity contribution in [3.63, 3.8) is 0 Å². The topological polar surface area (TPSA) is 72.5 Å². The lowest BCUT2D eigenvalue weighted by molar-refractivity contribution is 0.0924. The third kappa shape index (κ3) is 2.89. The second-order valence-corrected chi connectivity index (χ2v) is 4.72. The number of aryl methyl sites for hydroxylation is 1. The number of hydrogen-bond donors (Lipinski definition) is 2. The van der Waals surface area contributed by atoms with Crippen LogP contribution in [-0.2, 0) is 0 Å². The van der Waals surface area contributed by atoms with Gasteiger partial charge in [0.15, 0.2) is 5.78 Å². The van der Waals surface area contributed by atoms with Crippen LogP contribution in [0.1, 0.15) is 41.3 Å². The Morgan fingerprint density at radius 1 is 1.44 bits per heavy atom. The Morgan fingerprint density at radius 2 is 2.06 bits per heavy atom. The van der Waals surface area contributed by atoms with Gasteiger partial charge in [-0.15, -0.1) is 0 Å². The van der Waals surface area contributed by atoms with Gasteiger partial charge in [-0.2, -0.15) is 0 Å². The van der Waals surface area contributed by atoms with Crippen molar-refractivity contribution in [1.82, 2.24) is 0 Å². The van der Waals surface area contributed by atoms with Crippen molar-refractivity contribution < 1.29 is 14.6 Å². The largest absolute Gasteiger partial charge is 0.496 e. The molecule has 100 valence electrons. The highest BCUT2D eigenvalue weighted by molar-refractivity contribution is 6.01. The predicted octanol–water partition coefficient (Wildman–Crippen LogP) is 1.63. The molecule has 0 fully saturated rings. The highest BCUT2D eigenvalue weighted by Gasteiger charge is 2.20. The lowest BCUT2D eigenvalue weighted by Gasteiger charge is -2.17. The van der Waals surface area contributed by atoms with Gasteiger partial charge in [0, 0.05) is 5.56 Å². The molecule has 0 aliphatic rings. The minimum Gasteiger partial charge on any atom is -0.496 e. The average molecular weight is 251 g/mol. The Bertz CT molecular complexity index is 441. The number of benzene rings is 1. The summed E-state index contributed by atoms with van der Waals surface area (Å²) in [6, 6.07) is 2.79. The highest BCUT2D eigenvalue weighted by Crippen LogP contribution is 2.30. The number of ketones is 1. The van der Waals surface area contributed by atoms with E-state index in [0.717, 1.165) is 16.9 Å². The second kappa shape index (κ2) is 5.98. The Labute approximate surface area is 108 Å². The summed E-state index contributed by atoms with van der Waals surface area (Å²) in [5.41, 5.74) is 7.92. The van der Waals surface area contributed by atoms with Crippen molar-refractivity contribution in [2.75, 3.05) is 13.7 Å². The van der Waals surface area contributed by atoms with E-state index in [4.69, 9.17) is 15.6 Å². The van der Waals surface area contributed by atoms with Gasteiger partial charge < -0.3 is 15.6 Å². The molecule has 0 saturated heterocycles. The van der Waals surface area contributed by atoms with E-state index < -0.39 is 6.04 Å². The summed E-state index contributed by atoms with van der Waals surface area (Å²) in [4.78, 5) is 12.0. The van der Waals surface area contributed by atoms with Gasteiger partial charge in [-0.1, -0.05) is 13.8 Å². The van der Waals surface area contributed by atoms with Gasteiger partial charge in [-0.05, 0) is 36.1 Å². The number of carbonyl (C=O) groups is 1. The van der Waals surface area contributed by atoms with Crippen molar-refractivity contribution in [3.8, 4) is 5.75 Å². The summed E-state index contributed by atoms with van der Waals surface area (Å²) in [6.45, 7) is 5.56. The fourth-order valence-electron chi connectivity index (χ4n) is 1.87. The molecule has 0 aliphatic carbocycles. The molecule has 1 aromatic rings. The lowest BCUT2D eigenvalue weighted by Crippen LogP contribution is -2.34. The van der Waals surface area contributed by atoms with Gasteiger partial charge in [-0.3, -0.25) is 4.79 Å². The standard InChI is InChI=1S/C14H21NO3/c1-8(2)10-6-11(14(17)12(15)7-16)9(3)5-13(10)18-4/h5-6,8,12,16H,7,15H2,1-4H3. The molecule has 4 nitrogen and oxygen atoms in total. The van der Waals surface area contributed by atoms with Gasteiger partial charge in [0.2, 0.25) is 0 Å². The maximum atomic E-state index is 12.0. The summed E-state index contributed by atoms with van der Waals surface area (Å²) in [6.07, 6.45) is 0. The van der Waals surface area contributed by atoms with Crippen LogP contribution >= 0.6 is 0 Å². The smallest absolute Gasteiger partial charge is 0.182 e.